The van der Waals surface area contributed by atoms with Gasteiger partial charge in [0.25, 0.3) is 5.56 Å². The van der Waals surface area contributed by atoms with Gasteiger partial charge in [-0.1, -0.05) is 42.5 Å². The molecule has 28 heavy (non-hydrogen) atoms. The number of benzene rings is 2. The van der Waals surface area contributed by atoms with Crippen LogP contribution in [-0.4, -0.2) is 16.3 Å². The summed E-state index contributed by atoms with van der Waals surface area (Å²) in [5, 5.41) is 14.7. The monoisotopic (exact) mass is 383 g/mol. The van der Waals surface area contributed by atoms with Crippen molar-refractivity contribution in [3.8, 4) is 0 Å². The Morgan fingerprint density at radius 1 is 1.11 bits per heavy atom. The number of hydrogen-bond acceptors (Lipinski definition) is 4. The molecule has 5 rings (SSSR count). The van der Waals surface area contributed by atoms with Crippen LogP contribution in [0.15, 0.2) is 58.4 Å². The zero-order valence-corrected chi connectivity index (χ0v) is 16.5. The van der Waals surface area contributed by atoms with E-state index in [1.165, 1.54) is 38.2 Å². The Morgan fingerprint density at radius 3 is 2.61 bits per heavy atom. The summed E-state index contributed by atoms with van der Waals surface area (Å²) in [5.74, 6) is -0.369. The van der Waals surface area contributed by atoms with E-state index < -0.39 is 12.0 Å². The fourth-order valence-electron chi connectivity index (χ4n) is 4.12. The standard InChI is InChI=1S/C22H19NO3S.Li/c24-19-11-16(10-15-6-3-5-13-4-1-2-7-17(13)15)20(14-8-9-14)21-23(19)18(12-27-21)22(25)26;/h1-7,11,14,18H,8-10,12H2,(H,25,26);/q;+1/p-1. The number of carboxylic acid groups (broad SMARTS) is 1. The van der Waals surface area contributed by atoms with Gasteiger partial charge in [0.05, 0.1) is 17.0 Å². The van der Waals surface area contributed by atoms with Crippen LogP contribution in [0.25, 0.3) is 10.8 Å². The van der Waals surface area contributed by atoms with Gasteiger partial charge in [-0.25, -0.2) is 0 Å². The normalized spacial score (nSPS) is 17.9. The number of pyridine rings is 1. The number of hydrogen-bond donors (Lipinski definition) is 0. The largest absolute Gasteiger partial charge is 1.00 e. The molecule has 1 saturated carbocycles. The third-order valence-corrected chi connectivity index (χ3v) is 6.71. The van der Waals surface area contributed by atoms with Crippen LogP contribution in [0.4, 0.5) is 0 Å². The minimum atomic E-state index is -1.17. The number of rotatable bonds is 4. The molecular weight excluding hydrogens is 365 g/mol. The van der Waals surface area contributed by atoms with E-state index in [9.17, 15) is 14.7 Å². The number of aromatic nitrogens is 1. The van der Waals surface area contributed by atoms with Gasteiger partial charge in [0.1, 0.15) is 0 Å². The molecule has 1 aromatic heterocycles. The maximum Gasteiger partial charge on any atom is 1.00 e. The van der Waals surface area contributed by atoms with Crippen LogP contribution in [0.2, 0.25) is 0 Å². The molecule has 1 aliphatic carbocycles. The maximum absolute atomic E-state index is 12.8. The third kappa shape index (κ3) is 3.22. The summed E-state index contributed by atoms with van der Waals surface area (Å²) in [7, 11) is 0. The number of carbonyl (C=O) groups is 1. The van der Waals surface area contributed by atoms with Crippen LogP contribution in [0.5, 0.6) is 0 Å². The van der Waals surface area contributed by atoms with E-state index in [1.54, 1.807) is 6.07 Å². The quantitative estimate of drug-likeness (QED) is 0.589. The van der Waals surface area contributed by atoms with Crippen molar-refractivity contribution in [3.05, 3.63) is 75.6 Å². The van der Waals surface area contributed by atoms with Gasteiger partial charge in [-0.3, -0.25) is 9.36 Å². The van der Waals surface area contributed by atoms with Crippen molar-refractivity contribution < 1.29 is 28.8 Å². The van der Waals surface area contributed by atoms with Crippen LogP contribution in [0, 0.1) is 0 Å². The van der Waals surface area contributed by atoms with E-state index in [-0.39, 0.29) is 24.4 Å². The van der Waals surface area contributed by atoms with Crippen molar-refractivity contribution >= 4 is 28.5 Å². The van der Waals surface area contributed by atoms with Crippen molar-refractivity contribution in [2.75, 3.05) is 5.75 Å². The van der Waals surface area contributed by atoms with Crippen molar-refractivity contribution in [2.45, 2.75) is 36.2 Å². The van der Waals surface area contributed by atoms with E-state index in [0.29, 0.717) is 18.1 Å². The van der Waals surface area contributed by atoms with Gasteiger partial charge in [0, 0.05) is 11.8 Å². The molecule has 4 nitrogen and oxygen atoms in total. The molecule has 2 aromatic carbocycles. The first kappa shape index (κ1) is 19.4. The topological polar surface area (TPSA) is 62.1 Å². The first-order valence-corrected chi connectivity index (χ1v) is 10.2. The summed E-state index contributed by atoms with van der Waals surface area (Å²) in [5.41, 5.74) is 3.18. The smallest absolute Gasteiger partial charge is 0.548 e. The molecule has 1 fully saturated rings. The molecular formula is C22H18LiNO3S. The fraction of sp³-hybridized carbons (Fsp3) is 0.273. The van der Waals surface area contributed by atoms with Crippen LogP contribution < -0.4 is 29.5 Å². The third-order valence-electron chi connectivity index (χ3n) is 5.54. The molecule has 2 heterocycles. The number of nitrogens with zero attached hydrogens (tertiary/aromatic N) is 1. The van der Waals surface area contributed by atoms with Gasteiger partial charge in [0.15, 0.2) is 0 Å². The van der Waals surface area contributed by atoms with E-state index in [2.05, 4.69) is 30.3 Å². The average molecular weight is 383 g/mol. The Hall–Kier alpha value is -1.93. The van der Waals surface area contributed by atoms with E-state index >= 15 is 0 Å². The Balaban J connectivity index is 0.00000192. The minimum Gasteiger partial charge on any atom is -0.548 e. The molecule has 0 N–H and O–H groups in total. The first-order chi connectivity index (χ1) is 13.1. The molecule has 2 aliphatic rings. The van der Waals surface area contributed by atoms with Crippen LogP contribution in [0.3, 0.4) is 0 Å². The molecule has 1 aliphatic heterocycles. The number of carbonyl (C=O) groups excluding carboxylic acids is 1. The van der Waals surface area contributed by atoms with Gasteiger partial charge in [-0.05, 0) is 52.6 Å². The van der Waals surface area contributed by atoms with E-state index in [0.717, 1.165) is 23.4 Å². The first-order valence-electron chi connectivity index (χ1n) is 9.22. The van der Waals surface area contributed by atoms with E-state index in [4.69, 9.17) is 0 Å². The predicted octanol–water partition coefficient (Wildman–Crippen LogP) is -0.130. The number of fused-ring (bicyclic) bond motifs is 2. The second-order valence-corrected chi connectivity index (χ2v) is 8.34. The van der Waals surface area contributed by atoms with Gasteiger partial charge in [-0.15, -0.1) is 11.8 Å². The Morgan fingerprint density at radius 2 is 1.86 bits per heavy atom. The van der Waals surface area contributed by atoms with Crippen molar-refractivity contribution in [1.29, 1.82) is 0 Å². The maximum atomic E-state index is 12.8. The molecule has 0 saturated heterocycles. The van der Waals surface area contributed by atoms with Gasteiger partial charge >= 0.3 is 18.9 Å². The molecule has 1 atom stereocenters. The Labute approximate surface area is 179 Å². The second-order valence-electron chi connectivity index (χ2n) is 7.33. The van der Waals surface area contributed by atoms with Gasteiger partial charge < -0.3 is 9.90 Å². The van der Waals surface area contributed by atoms with Crippen molar-refractivity contribution in [3.63, 3.8) is 0 Å². The SMILES string of the molecule is O=C([O-])C1CSc2c(C3CC3)c(Cc3cccc4ccccc34)cc(=O)n21.[Li+]. The van der Waals surface area contributed by atoms with Crippen LogP contribution in [-0.2, 0) is 11.2 Å². The van der Waals surface area contributed by atoms with Crippen molar-refractivity contribution in [1.82, 2.24) is 4.57 Å². The molecule has 3 aromatic rings. The van der Waals surface area contributed by atoms with Crippen LogP contribution >= 0.6 is 11.8 Å². The summed E-state index contributed by atoms with van der Waals surface area (Å²) < 4.78 is 1.44. The zero-order valence-electron chi connectivity index (χ0n) is 15.7. The van der Waals surface area contributed by atoms with Crippen molar-refractivity contribution in [2.24, 2.45) is 0 Å². The predicted molar refractivity (Wildman–Crippen MR) is 104 cm³/mol. The minimum absolute atomic E-state index is 0. The molecule has 0 spiro atoms. The van der Waals surface area contributed by atoms with Crippen LogP contribution in [0.1, 0.15) is 41.5 Å². The summed E-state index contributed by atoms with van der Waals surface area (Å²) in [6, 6.07) is 15.3. The Kier molecular flexibility index (Phi) is 5.18. The number of carboxylic acids is 1. The molecule has 1 unspecified atom stereocenters. The zero-order chi connectivity index (χ0) is 18.5. The summed E-state index contributed by atoms with van der Waals surface area (Å²) >= 11 is 1.48. The molecule has 0 amide bonds. The summed E-state index contributed by atoms with van der Waals surface area (Å²) in [6.45, 7) is 0. The summed E-state index contributed by atoms with van der Waals surface area (Å²) in [6.07, 6.45) is 2.89. The summed E-state index contributed by atoms with van der Waals surface area (Å²) in [4.78, 5) is 24.2. The fourth-order valence-corrected chi connectivity index (χ4v) is 5.53. The molecule has 6 heteroatoms. The molecule has 136 valence electrons. The van der Waals surface area contributed by atoms with Gasteiger partial charge in [-0.2, -0.15) is 0 Å². The Bertz CT molecular complexity index is 1130. The molecule has 0 radical (unpaired) electrons. The number of aliphatic carboxylic acids is 1. The number of thioether (sulfide) groups is 1. The van der Waals surface area contributed by atoms with Gasteiger partial charge in [0.2, 0.25) is 0 Å². The second kappa shape index (κ2) is 7.48. The van der Waals surface area contributed by atoms with E-state index in [1.807, 2.05) is 12.1 Å². The molecule has 0 bridgehead atoms. The average Bonchev–Trinajstić information content (AvgIpc) is 3.39.